The average molecular weight is 540 g/mol. The normalized spacial score (nSPS) is 14.8. The van der Waals surface area contributed by atoms with Crippen LogP contribution in [0.25, 0.3) is 33.5 Å². The summed E-state index contributed by atoms with van der Waals surface area (Å²) < 4.78 is 33.8. The number of aliphatic carboxylic acids is 1. The Morgan fingerprint density at radius 1 is 1.26 bits per heavy atom. The molecule has 1 fully saturated rings. The van der Waals surface area contributed by atoms with E-state index in [0.717, 1.165) is 60.1 Å². The number of carbonyl (C=O) groups is 1. The Balaban J connectivity index is 0.000000448. The fraction of sp³-hybridized carbons (Fsp3) is 0.370. The molecule has 0 bridgehead atoms. The number of H-pyrrole nitrogens is 1. The zero-order valence-electron chi connectivity index (χ0n) is 21.2. The van der Waals surface area contributed by atoms with Crippen LogP contribution in [0.1, 0.15) is 50.1 Å². The van der Waals surface area contributed by atoms with Crippen molar-refractivity contribution in [1.29, 1.82) is 5.26 Å². The van der Waals surface area contributed by atoms with Crippen molar-refractivity contribution in [1.82, 2.24) is 30.0 Å². The molecule has 3 aromatic heterocycles. The van der Waals surface area contributed by atoms with Crippen LogP contribution in [0.15, 0.2) is 49.1 Å². The van der Waals surface area contributed by atoms with Crippen molar-refractivity contribution in [2.24, 2.45) is 0 Å². The molecule has 1 aliphatic heterocycles. The van der Waals surface area contributed by atoms with Crippen LogP contribution in [0.2, 0.25) is 0 Å². The molecule has 4 aromatic rings. The number of halogens is 3. The molecule has 39 heavy (non-hydrogen) atoms. The third-order valence-corrected chi connectivity index (χ3v) is 6.72. The number of alkyl halides is 3. The van der Waals surface area contributed by atoms with Gasteiger partial charge in [0.2, 0.25) is 0 Å². The number of carboxylic acids is 1. The van der Waals surface area contributed by atoms with Gasteiger partial charge in [0.15, 0.2) is 5.82 Å². The van der Waals surface area contributed by atoms with Crippen molar-refractivity contribution in [3.05, 3.63) is 54.6 Å². The topological polar surface area (TPSA) is 133 Å². The van der Waals surface area contributed by atoms with Crippen molar-refractivity contribution in [3.63, 3.8) is 0 Å². The summed E-state index contributed by atoms with van der Waals surface area (Å²) in [5.41, 5.74) is 5.13. The molecule has 9 nitrogen and oxygen atoms in total. The lowest BCUT2D eigenvalue weighted by Crippen LogP contribution is -2.29. The summed E-state index contributed by atoms with van der Waals surface area (Å²) in [5, 5.41) is 25.2. The van der Waals surface area contributed by atoms with E-state index in [-0.39, 0.29) is 5.92 Å². The SMILES string of the molecule is CCC(CC#N)c1cccc(-c2c[nH]c3nc(-c4cnn(C5CCNCC5)c4)ncc23)c1.O=C(O)C(F)(F)F. The number of hydrogen-bond donors (Lipinski definition) is 3. The summed E-state index contributed by atoms with van der Waals surface area (Å²) in [6.07, 6.45) is 6.38. The Labute approximate surface area is 222 Å². The van der Waals surface area contributed by atoms with Gasteiger partial charge in [0.25, 0.3) is 0 Å². The average Bonchev–Trinajstić information content (AvgIpc) is 3.60. The summed E-state index contributed by atoms with van der Waals surface area (Å²) in [5.74, 6) is -1.82. The van der Waals surface area contributed by atoms with Gasteiger partial charge in [-0.25, -0.2) is 14.8 Å². The first-order chi connectivity index (χ1) is 18.7. The molecule has 1 atom stereocenters. The van der Waals surface area contributed by atoms with E-state index in [0.29, 0.717) is 18.3 Å². The largest absolute Gasteiger partial charge is 0.490 e. The zero-order chi connectivity index (χ0) is 28.0. The highest BCUT2D eigenvalue weighted by Gasteiger charge is 2.38. The predicted octanol–water partition coefficient (Wildman–Crippen LogP) is 5.45. The minimum atomic E-state index is -5.08. The number of nitrogens with one attached hydrogen (secondary N) is 2. The second-order valence-electron chi connectivity index (χ2n) is 9.24. The molecule has 1 unspecified atom stereocenters. The van der Waals surface area contributed by atoms with Crippen LogP contribution in [0.3, 0.4) is 0 Å². The predicted molar refractivity (Wildman–Crippen MR) is 139 cm³/mol. The molecule has 3 N–H and O–H groups in total. The number of hydrogen-bond acceptors (Lipinski definition) is 6. The van der Waals surface area contributed by atoms with Crippen LogP contribution in [-0.2, 0) is 4.79 Å². The van der Waals surface area contributed by atoms with Crippen LogP contribution >= 0.6 is 0 Å². The lowest BCUT2D eigenvalue weighted by atomic mass is 9.91. The monoisotopic (exact) mass is 539 g/mol. The first-order valence-corrected chi connectivity index (χ1v) is 12.6. The standard InChI is InChI=1S/C25H27N7.C2HF3O2/c1-2-17(6-9-26)18-4-3-5-19(12-18)22-14-29-25-23(22)15-28-24(31-25)20-13-30-32(16-20)21-7-10-27-11-8-21;3-2(4,5)1(6)7/h3-5,12-17,21,27H,2,6-8,10-11H2,1H3,(H,28,29,31);(H,6,7). The molecule has 12 heteroatoms. The van der Waals surface area contributed by atoms with E-state index in [1.807, 2.05) is 18.6 Å². The van der Waals surface area contributed by atoms with Crippen molar-refractivity contribution >= 4 is 17.0 Å². The summed E-state index contributed by atoms with van der Waals surface area (Å²) in [7, 11) is 0. The quantitative estimate of drug-likeness (QED) is 0.297. The number of benzene rings is 1. The lowest BCUT2D eigenvalue weighted by molar-refractivity contribution is -0.192. The van der Waals surface area contributed by atoms with Crippen molar-refractivity contribution in [2.75, 3.05) is 13.1 Å². The number of aromatic amines is 1. The molecule has 4 heterocycles. The molecule has 1 aliphatic rings. The van der Waals surface area contributed by atoms with Gasteiger partial charge in [-0.15, -0.1) is 0 Å². The van der Waals surface area contributed by atoms with Gasteiger partial charge in [-0.1, -0.05) is 31.2 Å². The maximum Gasteiger partial charge on any atom is 0.490 e. The van der Waals surface area contributed by atoms with E-state index < -0.39 is 12.1 Å². The Morgan fingerprint density at radius 2 is 2.00 bits per heavy atom. The highest BCUT2D eigenvalue weighted by atomic mass is 19.4. The van der Waals surface area contributed by atoms with Gasteiger partial charge in [0.05, 0.1) is 23.9 Å². The molecule has 0 radical (unpaired) electrons. The summed E-state index contributed by atoms with van der Waals surface area (Å²) in [4.78, 5) is 21.6. The van der Waals surface area contributed by atoms with Crippen LogP contribution in [0.4, 0.5) is 13.2 Å². The summed E-state index contributed by atoms with van der Waals surface area (Å²) in [6.45, 7) is 4.19. The number of piperidine rings is 1. The number of fused-ring (bicyclic) bond motifs is 1. The number of carboxylic acid groups (broad SMARTS) is 1. The Hall–Kier alpha value is -4.24. The smallest absolute Gasteiger partial charge is 0.475 e. The van der Waals surface area contributed by atoms with Gasteiger partial charge in [-0.3, -0.25) is 4.68 Å². The fourth-order valence-electron chi connectivity index (χ4n) is 4.58. The van der Waals surface area contributed by atoms with E-state index in [9.17, 15) is 13.2 Å². The lowest BCUT2D eigenvalue weighted by Gasteiger charge is -2.22. The minimum absolute atomic E-state index is 0.254. The number of nitriles is 1. The van der Waals surface area contributed by atoms with Crippen molar-refractivity contribution in [3.8, 4) is 28.6 Å². The molecule has 0 amide bonds. The van der Waals surface area contributed by atoms with Gasteiger partial charge in [-0.2, -0.15) is 23.5 Å². The Kier molecular flexibility index (Phi) is 8.61. The molecule has 5 rings (SSSR count). The van der Waals surface area contributed by atoms with E-state index in [2.05, 4.69) is 68.5 Å². The van der Waals surface area contributed by atoms with Gasteiger partial charge in [0, 0.05) is 36.0 Å². The number of aromatic nitrogens is 5. The summed E-state index contributed by atoms with van der Waals surface area (Å²) in [6, 6.07) is 11.2. The first kappa shape index (κ1) is 27.8. The van der Waals surface area contributed by atoms with Gasteiger partial charge < -0.3 is 15.4 Å². The second-order valence-corrected chi connectivity index (χ2v) is 9.24. The molecular weight excluding hydrogens is 511 g/mol. The van der Waals surface area contributed by atoms with Gasteiger partial charge in [-0.05, 0) is 49.4 Å². The van der Waals surface area contributed by atoms with E-state index >= 15 is 0 Å². The Bertz CT molecular complexity index is 1470. The second kappa shape index (κ2) is 12.1. The van der Waals surface area contributed by atoms with Crippen molar-refractivity contribution < 1.29 is 23.1 Å². The Morgan fingerprint density at radius 3 is 2.67 bits per heavy atom. The first-order valence-electron chi connectivity index (χ1n) is 12.6. The fourth-order valence-corrected chi connectivity index (χ4v) is 4.58. The van der Waals surface area contributed by atoms with Crippen LogP contribution < -0.4 is 5.32 Å². The van der Waals surface area contributed by atoms with E-state index in [1.54, 1.807) is 0 Å². The van der Waals surface area contributed by atoms with Crippen molar-refractivity contribution in [2.45, 2.75) is 50.7 Å². The summed E-state index contributed by atoms with van der Waals surface area (Å²) >= 11 is 0. The highest BCUT2D eigenvalue weighted by molar-refractivity contribution is 5.93. The highest BCUT2D eigenvalue weighted by Crippen LogP contribution is 2.32. The third kappa shape index (κ3) is 6.61. The van der Waals surface area contributed by atoms with E-state index in [4.69, 9.17) is 20.1 Å². The molecule has 1 saturated heterocycles. The number of rotatable bonds is 6. The van der Waals surface area contributed by atoms with Crippen LogP contribution in [0, 0.1) is 11.3 Å². The van der Waals surface area contributed by atoms with E-state index in [1.165, 1.54) is 5.56 Å². The molecular formula is C27H28F3N7O2. The molecule has 0 aliphatic carbocycles. The minimum Gasteiger partial charge on any atom is -0.475 e. The molecule has 1 aromatic carbocycles. The third-order valence-electron chi connectivity index (χ3n) is 6.72. The number of nitrogens with zero attached hydrogens (tertiary/aromatic N) is 5. The molecule has 204 valence electrons. The maximum atomic E-state index is 10.6. The maximum absolute atomic E-state index is 10.6. The zero-order valence-corrected chi connectivity index (χ0v) is 21.2. The molecule has 0 spiro atoms. The van der Waals surface area contributed by atoms with Gasteiger partial charge in [0.1, 0.15) is 5.65 Å². The molecule has 0 saturated carbocycles. The van der Waals surface area contributed by atoms with Crippen LogP contribution in [-0.4, -0.2) is 55.1 Å². The van der Waals surface area contributed by atoms with Crippen LogP contribution in [0.5, 0.6) is 0 Å². The van der Waals surface area contributed by atoms with Gasteiger partial charge >= 0.3 is 12.1 Å².